The van der Waals surface area contributed by atoms with Gasteiger partial charge in [0.1, 0.15) is 12.4 Å². The second-order valence-corrected chi connectivity index (χ2v) is 5.18. The summed E-state index contributed by atoms with van der Waals surface area (Å²) in [6.07, 6.45) is 1.64. The smallest absolute Gasteiger partial charge is 0.220 e. The van der Waals surface area contributed by atoms with Gasteiger partial charge in [0.2, 0.25) is 5.95 Å². The maximum atomic E-state index is 5.86. The van der Waals surface area contributed by atoms with E-state index < -0.39 is 0 Å². The quantitative estimate of drug-likeness (QED) is 0.792. The summed E-state index contributed by atoms with van der Waals surface area (Å²) in [5.41, 5.74) is 8.41. The Morgan fingerprint density at radius 3 is 2.36 bits per heavy atom. The molecule has 3 aromatic rings. The van der Waals surface area contributed by atoms with Crippen molar-refractivity contribution in [2.75, 3.05) is 5.73 Å². The highest BCUT2D eigenvalue weighted by atomic mass is 35.5. The van der Waals surface area contributed by atoms with E-state index in [2.05, 4.69) is 9.97 Å². The summed E-state index contributed by atoms with van der Waals surface area (Å²) < 4.78 is 5.75. The zero-order valence-corrected chi connectivity index (χ0v) is 12.5. The molecule has 0 saturated carbocycles. The van der Waals surface area contributed by atoms with Crippen LogP contribution < -0.4 is 10.5 Å². The van der Waals surface area contributed by atoms with Gasteiger partial charge in [0.25, 0.3) is 0 Å². The third kappa shape index (κ3) is 3.54. The zero-order chi connectivity index (χ0) is 15.4. The van der Waals surface area contributed by atoms with Crippen LogP contribution in [-0.4, -0.2) is 9.97 Å². The van der Waals surface area contributed by atoms with Crippen molar-refractivity contribution in [3.8, 4) is 17.0 Å². The zero-order valence-electron chi connectivity index (χ0n) is 11.7. The molecule has 0 amide bonds. The summed E-state index contributed by atoms with van der Waals surface area (Å²) in [6, 6.07) is 17.1. The number of nitrogen functional groups attached to an aromatic ring is 1. The number of hydrogen-bond donors (Lipinski definition) is 1. The molecule has 5 heteroatoms. The first-order chi connectivity index (χ1) is 10.7. The predicted molar refractivity (Wildman–Crippen MR) is 87.7 cm³/mol. The number of nitrogens with two attached hydrogens (primary N) is 1. The lowest BCUT2D eigenvalue weighted by molar-refractivity contribution is 0.306. The van der Waals surface area contributed by atoms with Gasteiger partial charge in [-0.3, -0.25) is 0 Å². The van der Waals surface area contributed by atoms with E-state index in [1.165, 1.54) is 0 Å². The molecule has 0 saturated heterocycles. The highest BCUT2D eigenvalue weighted by molar-refractivity contribution is 6.30. The molecule has 4 nitrogen and oxygen atoms in total. The number of nitrogens with zero attached hydrogens (tertiary/aromatic N) is 2. The fourth-order valence-corrected chi connectivity index (χ4v) is 2.13. The number of rotatable bonds is 4. The van der Waals surface area contributed by atoms with E-state index in [0.29, 0.717) is 6.61 Å². The van der Waals surface area contributed by atoms with E-state index in [4.69, 9.17) is 22.1 Å². The molecular weight excluding hydrogens is 298 g/mol. The topological polar surface area (TPSA) is 61.0 Å². The second-order valence-electron chi connectivity index (χ2n) is 4.74. The first kappa shape index (κ1) is 14.4. The third-order valence-electron chi connectivity index (χ3n) is 3.14. The van der Waals surface area contributed by atoms with Crippen LogP contribution in [0.2, 0.25) is 5.02 Å². The minimum atomic E-state index is 0.264. The molecule has 0 unspecified atom stereocenters. The van der Waals surface area contributed by atoms with Crippen molar-refractivity contribution in [2.45, 2.75) is 6.61 Å². The Hall–Kier alpha value is -2.59. The Balaban J connectivity index is 1.68. The van der Waals surface area contributed by atoms with Crippen LogP contribution >= 0.6 is 11.6 Å². The molecule has 0 bridgehead atoms. The monoisotopic (exact) mass is 311 g/mol. The van der Waals surface area contributed by atoms with E-state index >= 15 is 0 Å². The molecule has 0 aliphatic rings. The summed E-state index contributed by atoms with van der Waals surface area (Å²) in [4.78, 5) is 8.07. The Morgan fingerprint density at radius 2 is 1.68 bits per heavy atom. The Labute approximate surface area is 133 Å². The molecule has 0 spiro atoms. The number of anilines is 1. The molecule has 0 aliphatic carbocycles. The van der Waals surface area contributed by atoms with Crippen LogP contribution in [0.4, 0.5) is 5.95 Å². The van der Waals surface area contributed by atoms with Crippen LogP contribution in [0.15, 0.2) is 60.8 Å². The van der Waals surface area contributed by atoms with E-state index in [9.17, 15) is 0 Å². The first-order valence-corrected chi connectivity index (χ1v) is 7.15. The SMILES string of the molecule is Nc1nccc(-c2ccc(OCc3ccc(Cl)cc3)cc2)n1. The van der Waals surface area contributed by atoms with Gasteiger partial charge in [-0.05, 0) is 48.0 Å². The van der Waals surface area contributed by atoms with E-state index in [-0.39, 0.29) is 5.95 Å². The third-order valence-corrected chi connectivity index (χ3v) is 3.40. The van der Waals surface area contributed by atoms with Gasteiger partial charge >= 0.3 is 0 Å². The number of hydrogen-bond acceptors (Lipinski definition) is 4. The Morgan fingerprint density at radius 1 is 0.955 bits per heavy atom. The normalized spacial score (nSPS) is 10.4. The van der Waals surface area contributed by atoms with Crippen molar-refractivity contribution in [3.63, 3.8) is 0 Å². The summed E-state index contributed by atoms with van der Waals surface area (Å²) >= 11 is 5.86. The van der Waals surface area contributed by atoms with Gasteiger partial charge in [0.05, 0.1) is 5.69 Å². The Bertz CT molecular complexity index is 758. The molecule has 22 heavy (non-hydrogen) atoms. The summed E-state index contributed by atoms with van der Waals surface area (Å²) in [5, 5.41) is 0.720. The largest absolute Gasteiger partial charge is 0.489 e. The number of halogens is 1. The van der Waals surface area contributed by atoms with E-state index in [0.717, 1.165) is 27.6 Å². The predicted octanol–water partition coefficient (Wildman–Crippen LogP) is 3.96. The van der Waals surface area contributed by atoms with Gasteiger partial charge in [-0.25, -0.2) is 9.97 Å². The van der Waals surface area contributed by atoms with Crippen LogP contribution in [0.3, 0.4) is 0 Å². The standard InChI is InChI=1S/C17H14ClN3O/c18-14-5-1-12(2-6-14)11-22-15-7-3-13(4-8-15)16-9-10-20-17(19)21-16/h1-10H,11H2,(H2,19,20,21). The second kappa shape index (κ2) is 6.45. The number of benzene rings is 2. The summed E-state index contributed by atoms with van der Waals surface area (Å²) in [7, 11) is 0. The molecule has 0 aliphatic heterocycles. The molecule has 1 aromatic heterocycles. The maximum Gasteiger partial charge on any atom is 0.220 e. The fraction of sp³-hybridized carbons (Fsp3) is 0.0588. The minimum absolute atomic E-state index is 0.264. The average Bonchev–Trinajstić information content (AvgIpc) is 2.55. The molecule has 1 heterocycles. The van der Waals surface area contributed by atoms with Gasteiger partial charge in [-0.1, -0.05) is 23.7 Å². The van der Waals surface area contributed by atoms with Crippen LogP contribution in [0.1, 0.15) is 5.56 Å². The molecule has 0 radical (unpaired) electrons. The molecule has 0 atom stereocenters. The van der Waals surface area contributed by atoms with Crippen LogP contribution in [0.5, 0.6) is 5.75 Å². The maximum absolute atomic E-state index is 5.86. The number of aromatic nitrogens is 2. The van der Waals surface area contributed by atoms with Gasteiger partial charge in [0.15, 0.2) is 0 Å². The summed E-state index contributed by atoms with van der Waals surface area (Å²) in [6.45, 7) is 0.497. The van der Waals surface area contributed by atoms with Crippen LogP contribution in [-0.2, 0) is 6.61 Å². The van der Waals surface area contributed by atoms with E-state index in [1.807, 2.05) is 54.6 Å². The highest BCUT2D eigenvalue weighted by Crippen LogP contribution is 2.21. The lowest BCUT2D eigenvalue weighted by atomic mass is 10.1. The van der Waals surface area contributed by atoms with Crippen LogP contribution in [0, 0.1) is 0 Å². The van der Waals surface area contributed by atoms with Crippen molar-refractivity contribution in [3.05, 3.63) is 71.4 Å². The molecule has 110 valence electrons. The van der Waals surface area contributed by atoms with Crippen molar-refractivity contribution >= 4 is 17.5 Å². The van der Waals surface area contributed by atoms with Crippen LogP contribution in [0.25, 0.3) is 11.3 Å². The van der Waals surface area contributed by atoms with Crippen molar-refractivity contribution in [2.24, 2.45) is 0 Å². The van der Waals surface area contributed by atoms with Gasteiger partial charge in [0, 0.05) is 16.8 Å². The molecule has 0 fully saturated rings. The average molecular weight is 312 g/mol. The lowest BCUT2D eigenvalue weighted by Crippen LogP contribution is -1.96. The fourth-order valence-electron chi connectivity index (χ4n) is 2.00. The van der Waals surface area contributed by atoms with Gasteiger partial charge < -0.3 is 10.5 Å². The Kier molecular flexibility index (Phi) is 4.21. The lowest BCUT2D eigenvalue weighted by Gasteiger charge is -2.07. The first-order valence-electron chi connectivity index (χ1n) is 6.77. The highest BCUT2D eigenvalue weighted by Gasteiger charge is 2.02. The number of ether oxygens (including phenoxy) is 1. The minimum Gasteiger partial charge on any atom is -0.489 e. The molecule has 2 N–H and O–H groups in total. The van der Waals surface area contributed by atoms with Gasteiger partial charge in [-0.2, -0.15) is 0 Å². The molecular formula is C17H14ClN3O. The van der Waals surface area contributed by atoms with Crippen molar-refractivity contribution in [1.29, 1.82) is 0 Å². The van der Waals surface area contributed by atoms with Crippen molar-refractivity contribution < 1.29 is 4.74 Å². The summed E-state index contributed by atoms with van der Waals surface area (Å²) in [5.74, 6) is 1.06. The van der Waals surface area contributed by atoms with E-state index in [1.54, 1.807) is 6.20 Å². The molecule has 3 rings (SSSR count). The van der Waals surface area contributed by atoms with Gasteiger partial charge in [-0.15, -0.1) is 0 Å². The molecule has 2 aromatic carbocycles. The van der Waals surface area contributed by atoms with Crippen molar-refractivity contribution in [1.82, 2.24) is 9.97 Å².